The predicted octanol–water partition coefficient (Wildman–Crippen LogP) is 3.58. The topological polar surface area (TPSA) is 19.0 Å². The second-order valence-corrected chi connectivity index (χ2v) is 5.62. The van der Waals surface area contributed by atoms with Gasteiger partial charge in [-0.05, 0) is 44.7 Å². The maximum Gasteiger partial charge on any atom is 0.0456 e. The van der Waals surface area contributed by atoms with Gasteiger partial charge >= 0.3 is 0 Å². The number of hydrogen-bond acceptors (Lipinski definition) is 1. The lowest BCUT2D eigenvalue weighted by Crippen LogP contribution is -2.34. The molecule has 2 nitrogen and oxygen atoms in total. The van der Waals surface area contributed by atoms with Crippen LogP contribution in [0.1, 0.15) is 32.3 Å². The van der Waals surface area contributed by atoms with Gasteiger partial charge in [0.25, 0.3) is 0 Å². The number of rotatable bonds is 3. The summed E-state index contributed by atoms with van der Waals surface area (Å²) in [5.41, 5.74) is 2.71. The largest absolute Gasteiger partial charge is 0.361 e. The zero-order valence-electron chi connectivity index (χ0n) is 11.3. The van der Waals surface area contributed by atoms with Crippen molar-refractivity contribution in [3.05, 3.63) is 36.0 Å². The first-order valence-corrected chi connectivity index (χ1v) is 7.06. The second kappa shape index (κ2) is 4.77. The maximum atomic E-state index is 3.37. The van der Waals surface area contributed by atoms with Gasteiger partial charge in [0.15, 0.2) is 0 Å². The summed E-state index contributed by atoms with van der Waals surface area (Å²) in [6.45, 7) is 5.90. The quantitative estimate of drug-likeness (QED) is 0.871. The molecule has 1 aromatic carbocycles. The lowest BCUT2D eigenvalue weighted by Gasteiger charge is -2.25. The Morgan fingerprint density at radius 3 is 2.67 bits per heavy atom. The van der Waals surface area contributed by atoms with Crippen molar-refractivity contribution in [3.63, 3.8) is 0 Å². The molecule has 0 radical (unpaired) electrons. The molecule has 1 aliphatic rings. The average Bonchev–Trinajstić information content (AvgIpc) is 2.93. The normalized spacial score (nSPS) is 25.0. The summed E-state index contributed by atoms with van der Waals surface area (Å²) in [6, 6.07) is 10.1. The van der Waals surface area contributed by atoms with Gasteiger partial charge in [-0.3, -0.25) is 4.90 Å². The monoisotopic (exact) mass is 242 g/mol. The van der Waals surface area contributed by atoms with E-state index >= 15 is 0 Å². The summed E-state index contributed by atoms with van der Waals surface area (Å²) in [6.07, 6.45) is 6.04. The van der Waals surface area contributed by atoms with Gasteiger partial charge < -0.3 is 4.98 Å². The van der Waals surface area contributed by atoms with Crippen LogP contribution in [0.3, 0.4) is 0 Å². The molecule has 0 spiro atoms. The molecule has 1 aromatic heterocycles. The zero-order valence-corrected chi connectivity index (χ0v) is 11.3. The first-order chi connectivity index (χ1) is 8.75. The molecule has 96 valence electrons. The number of para-hydroxylation sites is 1. The van der Waals surface area contributed by atoms with Gasteiger partial charge in [0.2, 0.25) is 0 Å². The van der Waals surface area contributed by atoms with Gasteiger partial charge in [-0.1, -0.05) is 18.2 Å². The number of H-pyrrole nitrogens is 1. The molecule has 0 saturated carbocycles. The first kappa shape index (κ1) is 11.8. The molecule has 2 heterocycles. The number of benzene rings is 1. The fourth-order valence-corrected chi connectivity index (χ4v) is 3.28. The van der Waals surface area contributed by atoms with Crippen LogP contribution in [0.5, 0.6) is 0 Å². The Morgan fingerprint density at radius 1 is 1.17 bits per heavy atom. The van der Waals surface area contributed by atoms with Crippen LogP contribution >= 0.6 is 0 Å². The minimum absolute atomic E-state index is 0.755. The third-order valence-corrected chi connectivity index (χ3v) is 4.45. The molecule has 2 heteroatoms. The molecule has 1 saturated heterocycles. The molecule has 0 amide bonds. The smallest absolute Gasteiger partial charge is 0.0456 e. The van der Waals surface area contributed by atoms with E-state index in [4.69, 9.17) is 0 Å². The number of nitrogens with zero attached hydrogens (tertiary/aromatic N) is 1. The van der Waals surface area contributed by atoms with E-state index in [-0.39, 0.29) is 0 Å². The lowest BCUT2D eigenvalue weighted by molar-refractivity contribution is 0.217. The predicted molar refractivity (Wildman–Crippen MR) is 76.9 cm³/mol. The molecule has 3 rings (SSSR count). The van der Waals surface area contributed by atoms with E-state index in [9.17, 15) is 0 Å². The van der Waals surface area contributed by atoms with Crippen molar-refractivity contribution in [2.24, 2.45) is 0 Å². The molecule has 0 aliphatic carbocycles. The molecule has 0 unspecified atom stereocenters. The summed E-state index contributed by atoms with van der Waals surface area (Å²) >= 11 is 0. The van der Waals surface area contributed by atoms with E-state index in [1.165, 1.54) is 35.9 Å². The van der Waals surface area contributed by atoms with Crippen LogP contribution in [0.25, 0.3) is 10.9 Å². The number of nitrogens with one attached hydrogen (secondary N) is 1. The van der Waals surface area contributed by atoms with Gasteiger partial charge in [0.05, 0.1) is 0 Å². The van der Waals surface area contributed by atoms with Crippen LogP contribution in [-0.4, -0.2) is 28.5 Å². The van der Waals surface area contributed by atoms with Crippen molar-refractivity contribution in [1.82, 2.24) is 9.88 Å². The number of aromatic amines is 1. The van der Waals surface area contributed by atoms with Crippen LogP contribution in [-0.2, 0) is 6.42 Å². The molecule has 2 atom stereocenters. The van der Waals surface area contributed by atoms with Crippen molar-refractivity contribution in [2.75, 3.05) is 6.54 Å². The van der Waals surface area contributed by atoms with Crippen LogP contribution < -0.4 is 0 Å². The van der Waals surface area contributed by atoms with Crippen LogP contribution in [0.4, 0.5) is 0 Å². The Bertz CT molecular complexity index is 519. The minimum Gasteiger partial charge on any atom is -0.361 e. The highest BCUT2D eigenvalue weighted by Gasteiger charge is 2.26. The summed E-state index contributed by atoms with van der Waals surface area (Å²) in [5, 5.41) is 1.39. The van der Waals surface area contributed by atoms with Crippen LogP contribution in [0.2, 0.25) is 0 Å². The van der Waals surface area contributed by atoms with Gasteiger partial charge in [0.1, 0.15) is 0 Å². The second-order valence-electron chi connectivity index (χ2n) is 5.62. The molecule has 1 aliphatic heterocycles. The van der Waals surface area contributed by atoms with E-state index in [1.54, 1.807) is 0 Å². The third-order valence-electron chi connectivity index (χ3n) is 4.45. The Hall–Kier alpha value is -1.28. The first-order valence-electron chi connectivity index (χ1n) is 7.06. The Balaban J connectivity index is 1.73. The summed E-state index contributed by atoms with van der Waals surface area (Å²) in [7, 11) is 0. The SMILES string of the molecule is C[C@@H]1CC[C@@H](C)N1CCc1c[nH]c2ccccc12. The number of hydrogen-bond donors (Lipinski definition) is 1. The van der Waals surface area contributed by atoms with Gasteiger partial charge in [-0.15, -0.1) is 0 Å². The van der Waals surface area contributed by atoms with Gasteiger partial charge in [-0.2, -0.15) is 0 Å². The number of likely N-dealkylation sites (tertiary alicyclic amines) is 1. The highest BCUT2D eigenvalue weighted by Crippen LogP contribution is 2.25. The van der Waals surface area contributed by atoms with E-state index in [2.05, 4.69) is 54.2 Å². The standard InChI is InChI=1S/C16H22N2/c1-12-7-8-13(2)18(12)10-9-14-11-17-16-6-4-3-5-15(14)16/h3-6,11-13,17H,7-10H2,1-2H3/t12-,13-/m1/s1. The molecule has 2 aromatic rings. The van der Waals surface area contributed by atoms with Crippen molar-refractivity contribution < 1.29 is 0 Å². The Morgan fingerprint density at radius 2 is 1.89 bits per heavy atom. The fraction of sp³-hybridized carbons (Fsp3) is 0.500. The molecular formula is C16H22N2. The summed E-state index contributed by atoms with van der Waals surface area (Å²) in [5.74, 6) is 0. The van der Waals surface area contributed by atoms with E-state index in [0.717, 1.165) is 18.5 Å². The lowest BCUT2D eigenvalue weighted by atomic mass is 10.1. The number of aromatic nitrogens is 1. The average molecular weight is 242 g/mol. The minimum atomic E-state index is 0.755. The maximum absolute atomic E-state index is 3.37. The van der Waals surface area contributed by atoms with E-state index in [0.29, 0.717) is 0 Å². The van der Waals surface area contributed by atoms with E-state index in [1.807, 2.05) is 0 Å². The van der Waals surface area contributed by atoms with Crippen LogP contribution in [0.15, 0.2) is 30.5 Å². The summed E-state index contributed by atoms with van der Waals surface area (Å²) in [4.78, 5) is 6.02. The molecule has 1 fully saturated rings. The molecule has 18 heavy (non-hydrogen) atoms. The molecule has 0 bridgehead atoms. The Labute approximate surface area is 109 Å². The van der Waals surface area contributed by atoms with Crippen molar-refractivity contribution in [3.8, 4) is 0 Å². The van der Waals surface area contributed by atoms with Gasteiger partial charge in [-0.25, -0.2) is 0 Å². The van der Waals surface area contributed by atoms with Crippen LogP contribution in [0, 0.1) is 0 Å². The van der Waals surface area contributed by atoms with Crippen molar-refractivity contribution in [2.45, 2.75) is 45.2 Å². The third kappa shape index (κ3) is 2.05. The highest BCUT2D eigenvalue weighted by molar-refractivity contribution is 5.83. The molecular weight excluding hydrogens is 220 g/mol. The summed E-state index contributed by atoms with van der Waals surface area (Å²) < 4.78 is 0. The zero-order chi connectivity index (χ0) is 12.5. The molecule has 1 N–H and O–H groups in total. The van der Waals surface area contributed by atoms with Crippen molar-refractivity contribution in [1.29, 1.82) is 0 Å². The van der Waals surface area contributed by atoms with Crippen molar-refractivity contribution >= 4 is 10.9 Å². The van der Waals surface area contributed by atoms with E-state index < -0.39 is 0 Å². The number of fused-ring (bicyclic) bond motifs is 1. The highest BCUT2D eigenvalue weighted by atomic mass is 15.2. The fourth-order valence-electron chi connectivity index (χ4n) is 3.28. The Kier molecular flexibility index (Phi) is 3.13. The van der Waals surface area contributed by atoms with Gasteiger partial charge in [0, 0.05) is 35.7 Å².